The molecule has 0 bridgehead atoms. The Bertz CT molecular complexity index is 691. The van der Waals surface area contributed by atoms with Gasteiger partial charge in [0.15, 0.2) is 5.78 Å². The number of rotatable bonds is 3. The highest BCUT2D eigenvalue weighted by Gasteiger charge is 2.38. The third-order valence-corrected chi connectivity index (χ3v) is 4.08. The number of carbonyl (C=O) groups is 2. The monoisotopic (exact) mass is 275 g/mol. The summed E-state index contributed by atoms with van der Waals surface area (Å²) in [6, 6.07) is 4.21. The van der Waals surface area contributed by atoms with Crippen molar-refractivity contribution in [3.63, 3.8) is 0 Å². The van der Waals surface area contributed by atoms with Gasteiger partial charge in [0.05, 0.1) is 5.92 Å². The first-order valence-electron chi connectivity index (χ1n) is 6.61. The summed E-state index contributed by atoms with van der Waals surface area (Å²) >= 11 is 0. The number of nitrogens with one attached hydrogen (secondary N) is 1. The molecule has 1 aromatic heterocycles. The quantitative estimate of drug-likeness (QED) is 0.846. The summed E-state index contributed by atoms with van der Waals surface area (Å²) < 4.78 is 13.3. The van der Waals surface area contributed by atoms with Crippen LogP contribution >= 0.6 is 0 Å². The van der Waals surface area contributed by atoms with Crippen LogP contribution in [-0.4, -0.2) is 21.8 Å². The fourth-order valence-corrected chi connectivity index (χ4v) is 3.07. The van der Waals surface area contributed by atoms with Gasteiger partial charge >= 0.3 is 5.97 Å². The Morgan fingerprint density at radius 3 is 2.75 bits per heavy atom. The molecule has 0 spiro atoms. The molecule has 3 rings (SSSR count). The van der Waals surface area contributed by atoms with Crippen molar-refractivity contribution >= 4 is 22.7 Å². The Morgan fingerprint density at radius 2 is 2.00 bits per heavy atom. The lowest BCUT2D eigenvalue weighted by Crippen LogP contribution is -2.25. The van der Waals surface area contributed by atoms with E-state index in [0.29, 0.717) is 29.3 Å². The molecule has 0 saturated heterocycles. The van der Waals surface area contributed by atoms with E-state index < -0.39 is 23.6 Å². The number of aliphatic carboxylic acids is 1. The van der Waals surface area contributed by atoms with Crippen molar-refractivity contribution in [1.82, 2.24) is 4.98 Å². The average Bonchev–Trinajstić information content (AvgIpc) is 3.04. The number of hydrogen-bond acceptors (Lipinski definition) is 2. The molecule has 2 atom stereocenters. The van der Waals surface area contributed by atoms with E-state index in [2.05, 4.69) is 4.98 Å². The fourth-order valence-electron chi connectivity index (χ4n) is 3.07. The minimum absolute atomic E-state index is 0.202. The Morgan fingerprint density at radius 1 is 1.25 bits per heavy atom. The minimum Gasteiger partial charge on any atom is -0.481 e. The molecule has 1 heterocycles. The van der Waals surface area contributed by atoms with Gasteiger partial charge in [0, 0.05) is 28.6 Å². The highest BCUT2D eigenvalue weighted by atomic mass is 19.1. The van der Waals surface area contributed by atoms with Gasteiger partial charge in [-0.1, -0.05) is 6.42 Å². The molecule has 0 amide bonds. The van der Waals surface area contributed by atoms with Crippen LogP contribution in [0.15, 0.2) is 24.4 Å². The smallest absolute Gasteiger partial charge is 0.307 e. The molecule has 0 radical (unpaired) electrons. The number of fused-ring (bicyclic) bond motifs is 1. The average molecular weight is 275 g/mol. The third kappa shape index (κ3) is 1.99. The van der Waals surface area contributed by atoms with Crippen LogP contribution < -0.4 is 0 Å². The number of ketones is 1. The molecule has 20 heavy (non-hydrogen) atoms. The van der Waals surface area contributed by atoms with Crippen molar-refractivity contribution in [2.45, 2.75) is 19.3 Å². The molecule has 5 heteroatoms. The SMILES string of the molecule is O=C(O)C1CCCC1C(=O)c1c[nH]c2ccc(F)cc12. The molecule has 104 valence electrons. The number of benzene rings is 1. The van der Waals surface area contributed by atoms with Crippen molar-refractivity contribution in [3.05, 3.63) is 35.8 Å². The predicted molar refractivity (Wildman–Crippen MR) is 71.1 cm³/mol. The molecule has 2 aromatic rings. The lowest BCUT2D eigenvalue weighted by atomic mass is 9.88. The number of carboxylic acid groups (broad SMARTS) is 1. The van der Waals surface area contributed by atoms with Gasteiger partial charge in [0.2, 0.25) is 0 Å². The first-order chi connectivity index (χ1) is 9.58. The van der Waals surface area contributed by atoms with Gasteiger partial charge in [0.25, 0.3) is 0 Å². The number of aromatic amines is 1. The number of carboxylic acids is 1. The molecule has 1 saturated carbocycles. The number of hydrogen-bond donors (Lipinski definition) is 2. The van der Waals surface area contributed by atoms with Crippen molar-refractivity contribution < 1.29 is 19.1 Å². The van der Waals surface area contributed by atoms with E-state index in [4.69, 9.17) is 5.11 Å². The van der Waals surface area contributed by atoms with Gasteiger partial charge < -0.3 is 10.1 Å². The van der Waals surface area contributed by atoms with Crippen LogP contribution in [0.25, 0.3) is 10.9 Å². The van der Waals surface area contributed by atoms with E-state index in [1.54, 1.807) is 12.3 Å². The van der Waals surface area contributed by atoms with Crippen LogP contribution in [0.2, 0.25) is 0 Å². The highest BCUT2D eigenvalue weighted by molar-refractivity contribution is 6.09. The molecule has 1 aliphatic carbocycles. The predicted octanol–water partition coefficient (Wildman–Crippen LogP) is 2.99. The van der Waals surface area contributed by atoms with Crippen LogP contribution in [-0.2, 0) is 4.79 Å². The minimum atomic E-state index is -0.924. The first-order valence-corrected chi connectivity index (χ1v) is 6.61. The van der Waals surface area contributed by atoms with E-state index in [-0.39, 0.29) is 5.78 Å². The number of Topliss-reactive ketones (excluding diaryl/α,β-unsaturated/α-hetero) is 1. The van der Waals surface area contributed by atoms with E-state index in [1.165, 1.54) is 12.1 Å². The number of H-pyrrole nitrogens is 1. The second kappa shape index (κ2) is 4.74. The Labute approximate surface area is 114 Å². The Kier molecular flexibility index (Phi) is 3.04. The summed E-state index contributed by atoms with van der Waals surface area (Å²) in [5.41, 5.74) is 1.07. The molecule has 1 aliphatic rings. The largest absolute Gasteiger partial charge is 0.481 e. The van der Waals surface area contributed by atoms with E-state index in [1.807, 2.05) is 0 Å². The lowest BCUT2D eigenvalue weighted by molar-refractivity contribution is -0.142. The summed E-state index contributed by atoms with van der Waals surface area (Å²) in [5.74, 6) is -2.67. The van der Waals surface area contributed by atoms with Crippen molar-refractivity contribution in [2.24, 2.45) is 11.8 Å². The second-order valence-electron chi connectivity index (χ2n) is 5.24. The van der Waals surface area contributed by atoms with Crippen molar-refractivity contribution in [1.29, 1.82) is 0 Å². The topological polar surface area (TPSA) is 70.2 Å². The summed E-state index contributed by atoms with van der Waals surface area (Å²) in [5, 5.41) is 9.69. The van der Waals surface area contributed by atoms with Crippen LogP contribution in [0.5, 0.6) is 0 Å². The summed E-state index contributed by atoms with van der Waals surface area (Å²) in [7, 11) is 0. The van der Waals surface area contributed by atoms with E-state index in [9.17, 15) is 14.0 Å². The summed E-state index contributed by atoms with van der Waals surface area (Å²) in [4.78, 5) is 26.7. The van der Waals surface area contributed by atoms with Gasteiger partial charge in [-0.15, -0.1) is 0 Å². The van der Waals surface area contributed by atoms with Gasteiger partial charge in [-0.2, -0.15) is 0 Å². The maximum Gasteiger partial charge on any atom is 0.307 e. The first kappa shape index (κ1) is 12.8. The molecule has 1 aromatic carbocycles. The van der Waals surface area contributed by atoms with Gasteiger partial charge in [0.1, 0.15) is 5.82 Å². The van der Waals surface area contributed by atoms with Crippen LogP contribution in [0, 0.1) is 17.7 Å². The number of carbonyl (C=O) groups excluding carboxylic acids is 1. The van der Waals surface area contributed by atoms with Crippen LogP contribution in [0.3, 0.4) is 0 Å². The van der Waals surface area contributed by atoms with Crippen LogP contribution in [0.4, 0.5) is 4.39 Å². The van der Waals surface area contributed by atoms with Crippen molar-refractivity contribution in [3.8, 4) is 0 Å². The molecule has 0 aliphatic heterocycles. The standard InChI is InChI=1S/C15H14FNO3/c16-8-4-5-13-11(6-8)12(7-17-13)14(18)9-2-1-3-10(9)15(19)20/h4-7,9-10,17H,1-3H2,(H,19,20). The zero-order valence-corrected chi connectivity index (χ0v) is 10.7. The molecule has 2 N–H and O–H groups in total. The zero-order valence-electron chi connectivity index (χ0n) is 10.7. The zero-order chi connectivity index (χ0) is 14.3. The lowest BCUT2D eigenvalue weighted by Gasteiger charge is -2.13. The Balaban J connectivity index is 2.00. The third-order valence-electron chi connectivity index (χ3n) is 4.08. The molecular weight excluding hydrogens is 261 g/mol. The second-order valence-corrected chi connectivity index (χ2v) is 5.24. The van der Waals surface area contributed by atoms with E-state index >= 15 is 0 Å². The van der Waals surface area contributed by atoms with E-state index in [0.717, 1.165) is 6.42 Å². The Hall–Kier alpha value is -2.17. The van der Waals surface area contributed by atoms with Crippen molar-refractivity contribution in [2.75, 3.05) is 0 Å². The normalized spacial score (nSPS) is 22.2. The number of halogens is 1. The molecule has 4 nitrogen and oxygen atoms in total. The van der Waals surface area contributed by atoms with Gasteiger partial charge in [-0.3, -0.25) is 9.59 Å². The van der Waals surface area contributed by atoms with Gasteiger partial charge in [-0.25, -0.2) is 4.39 Å². The maximum absolute atomic E-state index is 13.3. The fraction of sp³-hybridized carbons (Fsp3) is 0.333. The molecule has 2 unspecified atom stereocenters. The van der Waals surface area contributed by atoms with Crippen LogP contribution in [0.1, 0.15) is 29.6 Å². The maximum atomic E-state index is 13.3. The molecular formula is C15H14FNO3. The summed E-state index contributed by atoms with van der Waals surface area (Å²) in [6.07, 6.45) is 3.40. The van der Waals surface area contributed by atoms with Gasteiger partial charge in [-0.05, 0) is 31.0 Å². The summed E-state index contributed by atoms with van der Waals surface area (Å²) in [6.45, 7) is 0. The molecule has 1 fully saturated rings. The number of aromatic nitrogens is 1. The highest BCUT2D eigenvalue weighted by Crippen LogP contribution is 2.35.